The molecule has 0 aliphatic heterocycles. The Bertz CT molecular complexity index is 454. The topological polar surface area (TPSA) is 42.1 Å². The smallest absolute Gasteiger partial charge is 0.128 e. The Kier molecular flexibility index (Phi) is 2.90. The number of nitrogens with two attached hydrogens (primary N) is 1. The average Bonchev–Trinajstić information content (AvgIpc) is 2.42. The molecule has 0 spiro atoms. The van der Waals surface area contributed by atoms with Crippen LogP contribution in [0.15, 0.2) is 18.3 Å². The lowest BCUT2D eigenvalue weighted by Gasteiger charge is -2.55. The van der Waals surface area contributed by atoms with Crippen molar-refractivity contribution in [2.75, 3.05) is 24.2 Å². The zero-order valence-electron chi connectivity index (χ0n) is 12.3. The van der Waals surface area contributed by atoms with Gasteiger partial charge in [0.05, 0.1) is 11.9 Å². The first-order valence-electron chi connectivity index (χ1n) is 8.11. The highest BCUT2D eigenvalue weighted by atomic mass is 15.2. The lowest BCUT2D eigenvalue weighted by Crippen LogP contribution is -2.48. The third-order valence-electron chi connectivity index (χ3n) is 6.07. The molecule has 1 aromatic heterocycles. The van der Waals surface area contributed by atoms with Crippen LogP contribution < -0.4 is 10.6 Å². The molecule has 1 aromatic rings. The molecule has 0 amide bonds. The molecule has 0 aromatic carbocycles. The summed E-state index contributed by atoms with van der Waals surface area (Å²) in [7, 11) is 2.18. The molecule has 0 unspecified atom stereocenters. The van der Waals surface area contributed by atoms with E-state index in [1.807, 2.05) is 12.1 Å². The van der Waals surface area contributed by atoms with Gasteiger partial charge < -0.3 is 10.6 Å². The summed E-state index contributed by atoms with van der Waals surface area (Å²) in [6.07, 6.45) is 9.31. The second-order valence-electron chi connectivity index (χ2n) is 7.42. The number of hydrogen-bond donors (Lipinski definition) is 1. The molecule has 4 aliphatic rings. The minimum Gasteiger partial charge on any atom is -0.397 e. The molecule has 20 heavy (non-hydrogen) atoms. The number of nitrogen functional groups attached to an aromatic ring is 1. The van der Waals surface area contributed by atoms with E-state index in [0.29, 0.717) is 0 Å². The highest BCUT2D eigenvalue weighted by Crippen LogP contribution is 2.56. The number of nitrogens with zero attached hydrogens (tertiary/aromatic N) is 2. The van der Waals surface area contributed by atoms with Crippen molar-refractivity contribution in [2.45, 2.75) is 32.1 Å². The molecule has 4 aliphatic carbocycles. The third kappa shape index (κ3) is 2.07. The summed E-state index contributed by atoms with van der Waals surface area (Å²) in [4.78, 5) is 6.80. The maximum atomic E-state index is 5.72. The molecule has 5 rings (SSSR count). The van der Waals surface area contributed by atoms with Gasteiger partial charge >= 0.3 is 0 Å². The summed E-state index contributed by atoms with van der Waals surface area (Å²) in [5.74, 6) is 6.06. The molecule has 3 heteroatoms. The standard InChI is InChI=1S/C17H25N3/c1-20(17-3-2-15(18)9-19-17)10-16-13-5-11-4-12(7-13)8-14(16)6-11/h2-3,9,11-14,16H,4-8,10,18H2,1H3. The molecule has 0 radical (unpaired) electrons. The van der Waals surface area contributed by atoms with E-state index < -0.39 is 0 Å². The van der Waals surface area contributed by atoms with Crippen molar-refractivity contribution in [3.63, 3.8) is 0 Å². The van der Waals surface area contributed by atoms with E-state index >= 15 is 0 Å². The van der Waals surface area contributed by atoms with Crippen molar-refractivity contribution in [2.24, 2.45) is 29.6 Å². The van der Waals surface area contributed by atoms with Crippen molar-refractivity contribution in [1.29, 1.82) is 0 Å². The molecule has 4 bridgehead atoms. The molecular formula is C17H25N3. The van der Waals surface area contributed by atoms with E-state index in [1.54, 1.807) is 6.20 Å². The van der Waals surface area contributed by atoms with Gasteiger partial charge in [0, 0.05) is 13.6 Å². The summed E-state index contributed by atoms with van der Waals surface area (Å²) in [5, 5.41) is 0. The van der Waals surface area contributed by atoms with Gasteiger partial charge in [-0.1, -0.05) is 0 Å². The minimum absolute atomic E-state index is 0.747. The third-order valence-corrected chi connectivity index (χ3v) is 6.07. The summed E-state index contributed by atoms with van der Waals surface area (Å²) < 4.78 is 0. The Morgan fingerprint density at radius 1 is 1.10 bits per heavy atom. The van der Waals surface area contributed by atoms with Crippen LogP contribution in [0.1, 0.15) is 32.1 Å². The summed E-state index contributed by atoms with van der Waals surface area (Å²) >= 11 is 0. The van der Waals surface area contributed by atoms with Gasteiger partial charge in [0.25, 0.3) is 0 Å². The molecular weight excluding hydrogens is 246 g/mol. The first kappa shape index (κ1) is 12.5. The van der Waals surface area contributed by atoms with Crippen LogP contribution in [-0.2, 0) is 0 Å². The molecule has 0 saturated heterocycles. The van der Waals surface area contributed by atoms with Gasteiger partial charge in [0.2, 0.25) is 0 Å². The van der Waals surface area contributed by atoms with Crippen LogP contribution in [0.4, 0.5) is 11.5 Å². The van der Waals surface area contributed by atoms with E-state index in [1.165, 1.54) is 38.6 Å². The van der Waals surface area contributed by atoms with E-state index in [4.69, 9.17) is 5.73 Å². The zero-order valence-corrected chi connectivity index (χ0v) is 12.3. The second-order valence-corrected chi connectivity index (χ2v) is 7.42. The average molecular weight is 271 g/mol. The van der Waals surface area contributed by atoms with Gasteiger partial charge in [0.1, 0.15) is 5.82 Å². The van der Waals surface area contributed by atoms with Gasteiger partial charge in [-0.15, -0.1) is 0 Å². The van der Waals surface area contributed by atoms with E-state index in [2.05, 4.69) is 16.9 Å². The monoisotopic (exact) mass is 271 g/mol. The quantitative estimate of drug-likeness (QED) is 0.918. The van der Waals surface area contributed by atoms with Crippen molar-refractivity contribution >= 4 is 11.5 Å². The summed E-state index contributed by atoms with van der Waals surface area (Å²) in [6.45, 7) is 1.17. The van der Waals surface area contributed by atoms with Crippen molar-refractivity contribution < 1.29 is 0 Å². The van der Waals surface area contributed by atoms with Crippen LogP contribution in [0, 0.1) is 29.6 Å². The highest BCUT2D eigenvalue weighted by Gasteiger charge is 2.48. The normalized spacial score (nSPS) is 38.1. The fraction of sp³-hybridized carbons (Fsp3) is 0.706. The van der Waals surface area contributed by atoms with Crippen LogP contribution in [0.3, 0.4) is 0 Å². The van der Waals surface area contributed by atoms with Crippen molar-refractivity contribution in [3.05, 3.63) is 18.3 Å². The Morgan fingerprint density at radius 2 is 1.75 bits per heavy atom. The Balaban J connectivity index is 1.47. The SMILES string of the molecule is CN(CC1C2CC3CC(C2)CC1C3)c1ccc(N)cn1. The van der Waals surface area contributed by atoms with Crippen LogP contribution in [-0.4, -0.2) is 18.6 Å². The second kappa shape index (κ2) is 4.64. The molecule has 4 saturated carbocycles. The predicted molar refractivity (Wildman–Crippen MR) is 82.5 cm³/mol. The Hall–Kier alpha value is -1.25. The lowest BCUT2D eigenvalue weighted by atomic mass is 9.52. The largest absolute Gasteiger partial charge is 0.397 e. The molecule has 4 fully saturated rings. The van der Waals surface area contributed by atoms with Gasteiger partial charge in [-0.05, 0) is 73.8 Å². The van der Waals surface area contributed by atoms with Gasteiger partial charge in [-0.2, -0.15) is 0 Å². The minimum atomic E-state index is 0.747. The Labute approximate surface area is 121 Å². The van der Waals surface area contributed by atoms with E-state index in [9.17, 15) is 0 Å². The van der Waals surface area contributed by atoms with Crippen molar-refractivity contribution in [1.82, 2.24) is 4.98 Å². The maximum Gasteiger partial charge on any atom is 0.128 e. The fourth-order valence-electron chi connectivity index (χ4n) is 5.37. The number of aromatic nitrogens is 1. The van der Waals surface area contributed by atoms with Crippen molar-refractivity contribution in [3.8, 4) is 0 Å². The molecule has 0 atom stereocenters. The predicted octanol–water partition coefficient (Wildman–Crippen LogP) is 3.17. The highest BCUT2D eigenvalue weighted by molar-refractivity contribution is 5.45. The number of pyridine rings is 1. The Morgan fingerprint density at radius 3 is 2.30 bits per heavy atom. The zero-order chi connectivity index (χ0) is 13.7. The number of hydrogen-bond acceptors (Lipinski definition) is 3. The molecule has 3 nitrogen and oxygen atoms in total. The van der Waals surface area contributed by atoms with Crippen LogP contribution in [0.25, 0.3) is 0 Å². The van der Waals surface area contributed by atoms with E-state index in [-0.39, 0.29) is 0 Å². The lowest BCUT2D eigenvalue weighted by molar-refractivity contribution is -0.0325. The molecule has 108 valence electrons. The van der Waals surface area contributed by atoms with Crippen LogP contribution in [0.2, 0.25) is 0 Å². The maximum absolute atomic E-state index is 5.72. The molecule has 2 N–H and O–H groups in total. The summed E-state index contributed by atoms with van der Waals surface area (Å²) in [5.41, 5.74) is 6.47. The molecule has 1 heterocycles. The number of anilines is 2. The fourth-order valence-corrected chi connectivity index (χ4v) is 5.37. The van der Waals surface area contributed by atoms with Gasteiger partial charge in [0.15, 0.2) is 0 Å². The van der Waals surface area contributed by atoms with Crippen LogP contribution in [0.5, 0.6) is 0 Å². The number of rotatable bonds is 3. The first-order valence-corrected chi connectivity index (χ1v) is 8.11. The van der Waals surface area contributed by atoms with Crippen LogP contribution >= 0.6 is 0 Å². The van der Waals surface area contributed by atoms with Gasteiger partial charge in [-0.3, -0.25) is 0 Å². The van der Waals surface area contributed by atoms with E-state index in [0.717, 1.165) is 41.1 Å². The first-order chi connectivity index (χ1) is 9.69. The van der Waals surface area contributed by atoms with Gasteiger partial charge in [-0.25, -0.2) is 4.98 Å². The summed E-state index contributed by atoms with van der Waals surface area (Å²) in [6, 6.07) is 4.00.